The van der Waals surface area contributed by atoms with Crippen LogP contribution in [0.15, 0.2) is 39.9 Å². The molecule has 2 aromatic rings. The van der Waals surface area contributed by atoms with Gasteiger partial charge in [-0.2, -0.15) is 0 Å². The van der Waals surface area contributed by atoms with Gasteiger partial charge in [0.25, 0.3) is 5.56 Å². The van der Waals surface area contributed by atoms with E-state index in [4.69, 9.17) is 10.5 Å². The lowest BCUT2D eigenvalue weighted by Crippen LogP contribution is -2.46. The SMILES string of the molecule is CCn1c(=O)c(C(=O)CN[C@@H](CC(C)C)C(=O)OC)c(N)n(Cc2ccccc2)c1=O. The smallest absolute Gasteiger partial charge is 0.332 e. The Balaban J connectivity index is 2.41. The van der Waals surface area contributed by atoms with Crippen LogP contribution in [-0.4, -0.2) is 40.6 Å². The molecule has 9 nitrogen and oxygen atoms in total. The zero-order chi connectivity index (χ0) is 23.1. The first-order valence-electron chi connectivity index (χ1n) is 10.2. The number of nitrogens with one attached hydrogen (secondary N) is 1. The van der Waals surface area contributed by atoms with E-state index in [1.165, 1.54) is 11.7 Å². The summed E-state index contributed by atoms with van der Waals surface area (Å²) in [5.74, 6) is -1.09. The predicted molar refractivity (Wildman–Crippen MR) is 118 cm³/mol. The van der Waals surface area contributed by atoms with Crippen LogP contribution in [0.5, 0.6) is 0 Å². The number of aromatic nitrogens is 2. The Hall–Kier alpha value is -3.20. The third-order valence-corrected chi connectivity index (χ3v) is 4.95. The molecule has 31 heavy (non-hydrogen) atoms. The number of ether oxygens (including phenoxy) is 1. The van der Waals surface area contributed by atoms with E-state index in [-0.39, 0.29) is 36.9 Å². The number of nitrogens with two attached hydrogens (primary N) is 1. The Morgan fingerprint density at radius 1 is 1.13 bits per heavy atom. The highest BCUT2D eigenvalue weighted by atomic mass is 16.5. The van der Waals surface area contributed by atoms with E-state index >= 15 is 0 Å². The first-order chi connectivity index (χ1) is 14.7. The average molecular weight is 431 g/mol. The second-order valence-corrected chi connectivity index (χ2v) is 7.67. The molecule has 0 unspecified atom stereocenters. The van der Waals surface area contributed by atoms with Gasteiger partial charge in [0.1, 0.15) is 17.4 Å². The second-order valence-electron chi connectivity index (χ2n) is 7.67. The molecule has 9 heteroatoms. The van der Waals surface area contributed by atoms with E-state index in [9.17, 15) is 19.2 Å². The van der Waals surface area contributed by atoms with E-state index in [2.05, 4.69) is 5.32 Å². The van der Waals surface area contributed by atoms with Crippen molar-refractivity contribution in [3.8, 4) is 0 Å². The molecule has 0 saturated carbocycles. The van der Waals surface area contributed by atoms with Crippen LogP contribution in [0.4, 0.5) is 5.82 Å². The minimum Gasteiger partial charge on any atom is -0.468 e. The molecule has 3 N–H and O–H groups in total. The summed E-state index contributed by atoms with van der Waals surface area (Å²) in [4.78, 5) is 50.6. The molecule has 0 radical (unpaired) electrons. The number of nitrogen functional groups attached to an aromatic ring is 1. The van der Waals surface area contributed by atoms with E-state index in [0.717, 1.165) is 10.1 Å². The molecule has 0 bridgehead atoms. The fourth-order valence-electron chi connectivity index (χ4n) is 3.36. The quantitative estimate of drug-likeness (QED) is 0.426. The molecule has 1 atom stereocenters. The van der Waals surface area contributed by atoms with Gasteiger partial charge in [0.2, 0.25) is 0 Å². The van der Waals surface area contributed by atoms with Crippen molar-refractivity contribution in [2.24, 2.45) is 5.92 Å². The number of anilines is 1. The van der Waals surface area contributed by atoms with Gasteiger partial charge in [0.15, 0.2) is 5.78 Å². The molecule has 0 aliphatic rings. The summed E-state index contributed by atoms with van der Waals surface area (Å²) in [5.41, 5.74) is 5.36. The predicted octanol–water partition coefficient (Wildman–Crippen LogP) is 1.02. The molecule has 1 aromatic heterocycles. The van der Waals surface area contributed by atoms with Gasteiger partial charge in [-0.05, 0) is 24.8 Å². The van der Waals surface area contributed by atoms with Gasteiger partial charge in [0, 0.05) is 6.54 Å². The molecule has 1 heterocycles. The summed E-state index contributed by atoms with van der Waals surface area (Å²) in [5, 5.41) is 2.86. The van der Waals surface area contributed by atoms with Crippen molar-refractivity contribution in [1.29, 1.82) is 0 Å². The molecule has 0 aliphatic carbocycles. The number of nitrogens with zero attached hydrogens (tertiary/aromatic N) is 2. The zero-order valence-electron chi connectivity index (χ0n) is 18.4. The van der Waals surface area contributed by atoms with Gasteiger partial charge in [-0.25, -0.2) is 4.79 Å². The maximum atomic E-state index is 12.9. The number of ketones is 1. The van der Waals surface area contributed by atoms with Gasteiger partial charge in [0.05, 0.1) is 20.2 Å². The van der Waals surface area contributed by atoms with Crippen LogP contribution in [0.25, 0.3) is 0 Å². The number of methoxy groups -OCH3 is 1. The fraction of sp³-hybridized carbons (Fsp3) is 0.455. The highest BCUT2D eigenvalue weighted by molar-refractivity contribution is 6.01. The Morgan fingerprint density at radius 2 is 1.77 bits per heavy atom. The Bertz CT molecular complexity index is 1040. The third kappa shape index (κ3) is 5.69. The highest BCUT2D eigenvalue weighted by Crippen LogP contribution is 2.11. The van der Waals surface area contributed by atoms with Gasteiger partial charge >= 0.3 is 11.7 Å². The van der Waals surface area contributed by atoms with E-state index in [1.54, 1.807) is 6.92 Å². The van der Waals surface area contributed by atoms with Crippen LogP contribution in [-0.2, 0) is 22.6 Å². The molecule has 0 fully saturated rings. The molecular formula is C22H30N4O5. The summed E-state index contributed by atoms with van der Waals surface area (Å²) in [6, 6.07) is 8.44. The topological polar surface area (TPSA) is 125 Å². The highest BCUT2D eigenvalue weighted by Gasteiger charge is 2.25. The minimum atomic E-state index is -0.736. The van der Waals surface area contributed by atoms with Crippen molar-refractivity contribution in [2.45, 2.75) is 46.3 Å². The Labute approximate surface area is 180 Å². The number of carbonyl (C=O) groups excluding carboxylic acids is 2. The lowest BCUT2D eigenvalue weighted by Gasteiger charge is -2.19. The molecule has 1 aromatic carbocycles. The van der Waals surface area contributed by atoms with Gasteiger partial charge in [-0.1, -0.05) is 44.2 Å². The van der Waals surface area contributed by atoms with Crippen LogP contribution in [0.2, 0.25) is 0 Å². The molecule has 0 aliphatic heterocycles. The lowest BCUT2D eigenvalue weighted by molar-refractivity contribution is -0.143. The van der Waals surface area contributed by atoms with Crippen molar-refractivity contribution >= 4 is 17.6 Å². The van der Waals surface area contributed by atoms with E-state index in [0.29, 0.717) is 6.42 Å². The normalized spacial score (nSPS) is 12.0. The van der Waals surface area contributed by atoms with E-state index in [1.807, 2.05) is 44.2 Å². The molecule has 0 spiro atoms. The maximum Gasteiger partial charge on any atom is 0.332 e. The molecule has 0 saturated heterocycles. The third-order valence-electron chi connectivity index (χ3n) is 4.95. The van der Waals surface area contributed by atoms with Gasteiger partial charge < -0.3 is 10.5 Å². The minimum absolute atomic E-state index is 0.0958. The van der Waals surface area contributed by atoms with Crippen LogP contribution >= 0.6 is 0 Å². The van der Waals surface area contributed by atoms with E-state index < -0.39 is 29.0 Å². The van der Waals surface area contributed by atoms with Crippen molar-refractivity contribution in [2.75, 3.05) is 19.4 Å². The van der Waals surface area contributed by atoms with Gasteiger partial charge in [-0.3, -0.25) is 28.8 Å². The first-order valence-corrected chi connectivity index (χ1v) is 10.2. The number of rotatable bonds is 10. The number of hydrogen-bond donors (Lipinski definition) is 2. The fourth-order valence-corrected chi connectivity index (χ4v) is 3.36. The second kappa shape index (κ2) is 10.7. The monoisotopic (exact) mass is 430 g/mol. The van der Waals surface area contributed by atoms with Crippen LogP contribution in [0.1, 0.15) is 43.1 Å². The van der Waals surface area contributed by atoms with Crippen LogP contribution < -0.4 is 22.3 Å². The molecule has 168 valence electrons. The van der Waals surface area contributed by atoms with Crippen molar-refractivity contribution in [3.63, 3.8) is 0 Å². The van der Waals surface area contributed by atoms with Gasteiger partial charge in [-0.15, -0.1) is 0 Å². The Morgan fingerprint density at radius 3 is 2.32 bits per heavy atom. The number of esters is 1. The van der Waals surface area contributed by atoms with Crippen LogP contribution in [0, 0.1) is 5.92 Å². The largest absolute Gasteiger partial charge is 0.468 e. The Kier molecular flexibility index (Phi) is 8.32. The summed E-state index contributed by atoms with van der Waals surface area (Å²) >= 11 is 0. The van der Waals surface area contributed by atoms with Crippen molar-refractivity contribution in [1.82, 2.24) is 14.5 Å². The molecular weight excluding hydrogens is 400 g/mol. The first kappa shape index (κ1) is 24.1. The number of benzene rings is 1. The summed E-state index contributed by atoms with van der Waals surface area (Å²) in [6.07, 6.45) is 0.460. The number of carbonyl (C=O) groups is 2. The lowest BCUT2D eigenvalue weighted by atomic mass is 10.0. The standard InChI is InChI=1S/C22H30N4O5/c1-5-25-20(28)18(17(27)12-24-16(11-14(2)3)21(29)31-4)19(23)26(22(25)30)13-15-9-7-6-8-10-15/h6-10,14,16,24H,5,11-13,23H2,1-4H3/t16-/m0/s1. The number of Topliss-reactive ketones (excluding diaryl/α,β-unsaturated/α-hetero) is 1. The molecule has 2 rings (SSSR count). The summed E-state index contributed by atoms with van der Waals surface area (Å²) in [6.45, 7) is 5.46. The zero-order valence-corrected chi connectivity index (χ0v) is 18.4. The van der Waals surface area contributed by atoms with Crippen molar-refractivity contribution < 1.29 is 14.3 Å². The number of hydrogen-bond acceptors (Lipinski definition) is 7. The van der Waals surface area contributed by atoms with Crippen LogP contribution in [0.3, 0.4) is 0 Å². The summed E-state index contributed by atoms with van der Waals surface area (Å²) < 4.78 is 6.99. The molecule has 0 amide bonds. The summed E-state index contributed by atoms with van der Waals surface area (Å²) in [7, 11) is 1.27. The maximum absolute atomic E-state index is 12.9. The average Bonchev–Trinajstić information content (AvgIpc) is 2.74. The van der Waals surface area contributed by atoms with Crippen molar-refractivity contribution in [3.05, 3.63) is 62.3 Å².